The average Bonchev–Trinajstić information content (AvgIpc) is 3.18. The molecule has 0 aliphatic carbocycles. The van der Waals surface area contributed by atoms with Crippen LogP contribution in [0.5, 0.6) is 0 Å². The molecule has 0 fully saturated rings. The standard InChI is InChI=1S/C22H19N5O/c1-15-23-14-20(27(15)2)19-10-17-11-21(25-13-18(17)12-24-19)26-22(28)9-8-16-6-4-3-5-7-16/h3-14H,1-2H3,(H,25,26,28)/b9-8+/i3D,4D,5D,6D,7D,8D,9D. The number of pyridine rings is 2. The number of carbonyl (C=O) groups excluding carboxylic acids is 1. The van der Waals surface area contributed by atoms with E-state index in [1.54, 1.807) is 18.5 Å². The molecule has 0 spiro atoms. The van der Waals surface area contributed by atoms with E-state index in [0.29, 0.717) is 16.5 Å². The van der Waals surface area contributed by atoms with Gasteiger partial charge in [0.25, 0.3) is 0 Å². The van der Waals surface area contributed by atoms with Gasteiger partial charge in [0.05, 0.1) is 27.2 Å². The molecule has 0 unspecified atom stereocenters. The zero-order chi connectivity index (χ0) is 25.6. The van der Waals surface area contributed by atoms with Crippen LogP contribution in [0.3, 0.4) is 0 Å². The van der Waals surface area contributed by atoms with E-state index in [-0.39, 0.29) is 5.82 Å². The highest BCUT2D eigenvalue weighted by molar-refractivity contribution is 6.02. The maximum Gasteiger partial charge on any atom is 0.249 e. The number of anilines is 1. The van der Waals surface area contributed by atoms with E-state index in [4.69, 9.17) is 9.60 Å². The number of nitrogens with zero attached hydrogens (tertiary/aromatic N) is 4. The summed E-state index contributed by atoms with van der Waals surface area (Å²) < 4.78 is 57.2. The second kappa shape index (κ2) is 7.44. The van der Waals surface area contributed by atoms with Crippen molar-refractivity contribution in [2.45, 2.75) is 6.92 Å². The lowest BCUT2D eigenvalue weighted by Crippen LogP contribution is -2.09. The number of hydrogen-bond acceptors (Lipinski definition) is 4. The quantitative estimate of drug-likeness (QED) is 0.547. The number of aryl methyl sites for hydroxylation is 1. The van der Waals surface area contributed by atoms with Crippen LogP contribution in [0.2, 0.25) is 0 Å². The summed E-state index contributed by atoms with van der Waals surface area (Å²) in [6.45, 7) is 1.87. The normalized spacial score (nSPS) is 15.4. The molecule has 0 radical (unpaired) electrons. The molecule has 0 saturated carbocycles. The van der Waals surface area contributed by atoms with Crippen LogP contribution < -0.4 is 5.32 Å². The smallest absolute Gasteiger partial charge is 0.249 e. The fourth-order valence-corrected chi connectivity index (χ4v) is 2.57. The maximum atomic E-state index is 12.7. The third kappa shape index (κ3) is 3.66. The molecule has 3 heterocycles. The number of amides is 1. The lowest BCUT2D eigenvalue weighted by Gasteiger charge is -2.06. The van der Waals surface area contributed by atoms with Crippen molar-refractivity contribution in [2.75, 3.05) is 5.32 Å². The molecule has 0 aliphatic rings. The van der Waals surface area contributed by atoms with Gasteiger partial charge in [0.15, 0.2) is 0 Å². The number of hydrogen-bond donors (Lipinski definition) is 1. The minimum absolute atomic E-state index is 0.111. The minimum Gasteiger partial charge on any atom is -0.330 e. The Morgan fingerprint density at radius 3 is 2.64 bits per heavy atom. The average molecular weight is 376 g/mol. The van der Waals surface area contributed by atoms with E-state index < -0.39 is 53.8 Å². The van der Waals surface area contributed by atoms with Crippen LogP contribution in [-0.2, 0) is 11.8 Å². The van der Waals surface area contributed by atoms with Crippen molar-refractivity contribution in [1.29, 1.82) is 0 Å². The number of imidazole rings is 1. The van der Waals surface area contributed by atoms with E-state index >= 15 is 0 Å². The van der Waals surface area contributed by atoms with Gasteiger partial charge in [-0.1, -0.05) is 30.2 Å². The number of benzene rings is 1. The zero-order valence-electron chi connectivity index (χ0n) is 22.1. The SMILES string of the molecule is [2H]/C(C(=O)Nc1cc2cc(-c3cnc(C)n3C)ncc2cn1)=C(/[2H])c1c([2H])c([2H])c([2H])c([2H])c1[2H]. The van der Waals surface area contributed by atoms with Crippen LogP contribution in [0.15, 0.2) is 67.0 Å². The second-order valence-electron chi connectivity index (χ2n) is 5.94. The molecule has 1 N–H and O–H groups in total. The topological polar surface area (TPSA) is 72.7 Å². The van der Waals surface area contributed by atoms with Crippen molar-refractivity contribution in [1.82, 2.24) is 19.5 Å². The Kier molecular flexibility index (Phi) is 2.96. The molecule has 6 nitrogen and oxygen atoms in total. The first kappa shape index (κ1) is 11.1. The van der Waals surface area contributed by atoms with Gasteiger partial charge in [0.1, 0.15) is 11.6 Å². The van der Waals surface area contributed by atoms with Gasteiger partial charge in [0.2, 0.25) is 5.91 Å². The fraction of sp³-hybridized carbons (Fsp3) is 0.0909. The number of rotatable bonds is 4. The summed E-state index contributed by atoms with van der Waals surface area (Å²) in [6, 6.07) is -1.51. The molecular weight excluding hydrogens is 350 g/mol. The van der Waals surface area contributed by atoms with Crippen LogP contribution in [0.25, 0.3) is 28.2 Å². The molecule has 1 amide bonds. The van der Waals surface area contributed by atoms with Crippen LogP contribution in [0.1, 0.15) is 21.0 Å². The first-order valence-electron chi connectivity index (χ1n) is 11.8. The third-order valence-electron chi connectivity index (χ3n) is 4.13. The highest BCUT2D eigenvalue weighted by Gasteiger charge is 2.09. The Bertz CT molecular complexity index is 1520. The van der Waals surface area contributed by atoms with Gasteiger partial charge in [-0.05, 0) is 36.1 Å². The lowest BCUT2D eigenvalue weighted by atomic mass is 10.1. The summed E-state index contributed by atoms with van der Waals surface area (Å²) in [5.41, 5.74) is 0.949. The van der Waals surface area contributed by atoms with E-state index in [2.05, 4.69) is 20.3 Å². The van der Waals surface area contributed by atoms with E-state index in [1.165, 1.54) is 6.20 Å². The molecule has 1 aromatic carbocycles. The molecule has 0 atom stereocenters. The fourth-order valence-electron chi connectivity index (χ4n) is 2.57. The second-order valence-corrected chi connectivity index (χ2v) is 5.94. The summed E-state index contributed by atoms with van der Waals surface area (Å²) in [4.78, 5) is 25.5. The molecule has 3 aromatic heterocycles. The van der Waals surface area contributed by atoms with Crippen molar-refractivity contribution < 1.29 is 14.4 Å². The van der Waals surface area contributed by atoms with Crippen LogP contribution in [-0.4, -0.2) is 25.4 Å². The monoisotopic (exact) mass is 376 g/mol. The third-order valence-corrected chi connectivity index (χ3v) is 4.13. The summed E-state index contributed by atoms with van der Waals surface area (Å²) in [5, 5.41) is 3.86. The van der Waals surface area contributed by atoms with Crippen molar-refractivity contribution in [3.63, 3.8) is 0 Å². The summed E-state index contributed by atoms with van der Waals surface area (Å²) in [5.74, 6) is -0.0747. The number of fused-ring (bicyclic) bond motifs is 1. The summed E-state index contributed by atoms with van der Waals surface area (Å²) in [7, 11) is 1.87. The number of aromatic nitrogens is 4. The van der Waals surface area contributed by atoms with Crippen LogP contribution in [0, 0.1) is 6.92 Å². The van der Waals surface area contributed by atoms with Gasteiger partial charge in [-0.3, -0.25) is 9.78 Å². The Morgan fingerprint density at radius 1 is 1.11 bits per heavy atom. The predicted octanol–water partition coefficient (Wildman–Crippen LogP) is 3.99. The van der Waals surface area contributed by atoms with Crippen molar-refractivity contribution in [3.8, 4) is 11.4 Å². The molecular formula is C22H19N5O. The summed E-state index contributed by atoms with van der Waals surface area (Å²) in [6.07, 6.45) is 4.85. The first-order valence-corrected chi connectivity index (χ1v) is 8.31. The maximum absolute atomic E-state index is 12.7. The Morgan fingerprint density at radius 2 is 1.89 bits per heavy atom. The van der Waals surface area contributed by atoms with Crippen LogP contribution >= 0.6 is 0 Å². The molecule has 0 bridgehead atoms. The van der Waals surface area contributed by atoms with Gasteiger partial charge >= 0.3 is 0 Å². The Labute approximate surface area is 172 Å². The first-order chi connectivity index (χ1) is 16.5. The number of carbonyl (C=O) groups is 1. The molecule has 28 heavy (non-hydrogen) atoms. The molecule has 138 valence electrons. The largest absolute Gasteiger partial charge is 0.330 e. The van der Waals surface area contributed by atoms with Crippen LogP contribution in [0.4, 0.5) is 5.82 Å². The minimum atomic E-state index is -1.01. The zero-order valence-corrected chi connectivity index (χ0v) is 15.1. The lowest BCUT2D eigenvalue weighted by molar-refractivity contribution is -0.111. The van der Waals surface area contributed by atoms with E-state index in [0.717, 1.165) is 11.5 Å². The highest BCUT2D eigenvalue weighted by atomic mass is 16.1. The molecule has 0 saturated heterocycles. The van der Waals surface area contributed by atoms with Gasteiger partial charge < -0.3 is 9.88 Å². The highest BCUT2D eigenvalue weighted by Crippen LogP contribution is 2.23. The number of nitrogens with one attached hydrogen (secondary N) is 1. The van der Waals surface area contributed by atoms with Gasteiger partial charge in [-0.25, -0.2) is 9.97 Å². The van der Waals surface area contributed by atoms with Gasteiger partial charge in [-0.2, -0.15) is 0 Å². The van der Waals surface area contributed by atoms with Crippen molar-refractivity contribution >= 4 is 28.5 Å². The summed E-state index contributed by atoms with van der Waals surface area (Å²) >= 11 is 0. The molecule has 6 heteroatoms. The Hall–Kier alpha value is -3.80. The molecule has 4 rings (SSSR count). The van der Waals surface area contributed by atoms with E-state index in [9.17, 15) is 4.79 Å². The van der Waals surface area contributed by atoms with Gasteiger partial charge in [-0.15, -0.1) is 0 Å². The predicted molar refractivity (Wildman–Crippen MR) is 111 cm³/mol. The Balaban J connectivity index is 1.68. The van der Waals surface area contributed by atoms with Crippen molar-refractivity contribution in [3.05, 3.63) is 78.4 Å². The van der Waals surface area contributed by atoms with Gasteiger partial charge in [0, 0.05) is 30.9 Å². The van der Waals surface area contributed by atoms with E-state index in [1.807, 2.05) is 24.6 Å². The van der Waals surface area contributed by atoms with Crippen molar-refractivity contribution in [2.24, 2.45) is 7.05 Å². The molecule has 0 aliphatic heterocycles. The molecule has 4 aromatic rings.